The molecule has 0 aliphatic carbocycles. The van der Waals surface area contributed by atoms with E-state index in [0.717, 1.165) is 16.8 Å². The van der Waals surface area contributed by atoms with Gasteiger partial charge in [-0.05, 0) is 30.5 Å². The third-order valence-electron chi connectivity index (χ3n) is 3.19. The molecule has 1 aromatic carbocycles. The zero-order valence-electron chi connectivity index (χ0n) is 10.1. The van der Waals surface area contributed by atoms with E-state index in [4.69, 9.17) is 11.6 Å². The van der Waals surface area contributed by atoms with Crippen molar-refractivity contribution in [1.29, 1.82) is 0 Å². The highest BCUT2D eigenvalue weighted by atomic mass is 35.5. The van der Waals surface area contributed by atoms with Gasteiger partial charge in [0.15, 0.2) is 0 Å². The van der Waals surface area contributed by atoms with Gasteiger partial charge in [0, 0.05) is 6.54 Å². The molecule has 18 heavy (non-hydrogen) atoms. The van der Waals surface area contributed by atoms with E-state index in [2.05, 4.69) is 0 Å². The minimum absolute atomic E-state index is 0.0957. The van der Waals surface area contributed by atoms with Crippen LogP contribution in [0.2, 0.25) is 0 Å². The number of hydrogen-bond donors (Lipinski definition) is 1. The largest absolute Gasteiger partial charge is 0.387 e. The zero-order chi connectivity index (χ0) is 13.3. The molecule has 100 valence electrons. The number of hydrogen-bond acceptors (Lipinski definition) is 3. The van der Waals surface area contributed by atoms with Gasteiger partial charge in [-0.2, -0.15) is 0 Å². The highest BCUT2D eigenvalue weighted by Crippen LogP contribution is 2.32. The van der Waals surface area contributed by atoms with E-state index in [1.807, 2.05) is 6.07 Å². The van der Waals surface area contributed by atoms with E-state index in [-0.39, 0.29) is 11.6 Å². The fourth-order valence-electron chi connectivity index (χ4n) is 2.13. The molecule has 4 nitrogen and oxygen atoms in total. The molecule has 1 heterocycles. The molecule has 1 aliphatic rings. The van der Waals surface area contributed by atoms with Crippen molar-refractivity contribution in [2.24, 2.45) is 0 Å². The molecule has 1 aromatic rings. The Bertz CT molecular complexity index is 544. The van der Waals surface area contributed by atoms with Crippen LogP contribution < -0.4 is 4.31 Å². The van der Waals surface area contributed by atoms with Crippen molar-refractivity contribution in [1.82, 2.24) is 0 Å². The number of anilines is 1. The van der Waals surface area contributed by atoms with E-state index >= 15 is 0 Å². The van der Waals surface area contributed by atoms with Gasteiger partial charge in [0.25, 0.3) is 0 Å². The van der Waals surface area contributed by atoms with Crippen molar-refractivity contribution in [2.45, 2.75) is 19.4 Å². The summed E-state index contributed by atoms with van der Waals surface area (Å²) in [6, 6.07) is 5.32. The van der Waals surface area contributed by atoms with E-state index in [1.165, 1.54) is 4.31 Å². The van der Waals surface area contributed by atoms with Crippen LogP contribution in [0.3, 0.4) is 0 Å². The quantitative estimate of drug-likeness (QED) is 0.858. The van der Waals surface area contributed by atoms with Crippen LogP contribution in [0, 0.1) is 0 Å². The van der Waals surface area contributed by atoms with Crippen LogP contribution in [0.15, 0.2) is 18.2 Å². The Labute approximate surface area is 112 Å². The summed E-state index contributed by atoms with van der Waals surface area (Å²) in [5.74, 6) is 0.230. The molecule has 0 amide bonds. The Morgan fingerprint density at radius 2 is 2.22 bits per heavy atom. The lowest BCUT2D eigenvalue weighted by Crippen LogP contribution is -2.30. The first-order valence-corrected chi connectivity index (χ1v) is 8.01. The van der Waals surface area contributed by atoms with Gasteiger partial charge >= 0.3 is 0 Å². The van der Waals surface area contributed by atoms with Crippen molar-refractivity contribution in [3.8, 4) is 0 Å². The van der Waals surface area contributed by atoms with Gasteiger partial charge < -0.3 is 5.11 Å². The van der Waals surface area contributed by atoms with Gasteiger partial charge in [0.1, 0.15) is 0 Å². The number of aliphatic hydroxyl groups excluding tert-OH is 1. The highest BCUT2D eigenvalue weighted by molar-refractivity contribution is 7.92. The molecule has 0 unspecified atom stereocenters. The predicted octanol–water partition coefficient (Wildman–Crippen LogP) is 1.67. The van der Waals surface area contributed by atoms with Crippen molar-refractivity contribution in [3.05, 3.63) is 29.3 Å². The molecule has 0 saturated heterocycles. The Morgan fingerprint density at radius 3 is 2.83 bits per heavy atom. The van der Waals surface area contributed by atoms with Crippen LogP contribution in [0.25, 0.3) is 0 Å². The van der Waals surface area contributed by atoms with Crippen LogP contribution in [-0.2, 0) is 16.4 Å². The number of nitrogens with zero attached hydrogens (tertiary/aromatic N) is 1. The number of fused-ring (bicyclic) bond motifs is 1. The summed E-state index contributed by atoms with van der Waals surface area (Å²) in [7, 11) is -3.21. The van der Waals surface area contributed by atoms with E-state index in [0.29, 0.717) is 13.0 Å². The maximum atomic E-state index is 11.9. The molecule has 1 aliphatic heterocycles. The molecule has 1 atom stereocenters. The van der Waals surface area contributed by atoms with Crippen LogP contribution in [-0.4, -0.2) is 31.7 Å². The Kier molecular flexibility index (Phi) is 3.84. The average Bonchev–Trinajstić information content (AvgIpc) is 2.81. The highest BCUT2D eigenvalue weighted by Gasteiger charge is 2.28. The number of benzene rings is 1. The van der Waals surface area contributed by atoms with Gasteiger partial charge in [-0.25, -0.2) is 8.42 Å². The molecule has 2 rings (SSSR count). The van der Waals surface area contributed by atoms with Crippen molar-refractivity contribution >= 4 is 27.3 Å². The Hall–Kier alpha value is -0.780. The average molecular weight is 290 g/mol. The SMILES string of the molecule is CCS(=O)(=O)N1CCc2cc([C@@H](O)CCl)ccc21. The Morgan fingerprint density at radius 1 is 1.50 bits per heavy atom. The van der Waals surface area contributed by atoms with Gasteiger partial charge in [0.2, 0.25) is 10.0 Å². The van der Waals surface area contributed by atoms with Crippen molar-refractivity contribution in [3.63, 3.8) is 0 Å². The fourth-order valence-corrected chi connectivity index (χ4v) is 3.47. The first-order chi connectivity index (χ1) is 8.49. The van der Waals surface area contributed by atoms with Crippen LogP contribution in [0.1, 0.15) is 24.2 Å². The van der Waals surface area contributed by atoms with Gasteiger partial charge in [-0.1, -0.05) is 12.1 Å². The maximum Gasteiger partial charge on any atom is 0.234 e. The number of alkyl halides is 1. The molecule has 0 aromatic heterocycles. The van der Waals surface area contributed by atoms with Crippen LogP contribution >= 0.6 is 11.6 Å². The molecule has 0 radical (unpaired) electrons. The summed E-state index contributed by atoms with van der Waals surface area (Å²) in [6.45, 7) is 2.12. The second kappa shape index (κ2) is 5.07. The second-order valence-corrected chi connectivity index (χ2v) is 6.77. The molecular formula is C12H16ClNO3S. The van der Waals surface area contributed by atoms with E-state index in [1.54, 1.807) is 19.1 Å². The summed E-state index contributed by atoms with van der Waals surface area (Å²) in [5.41, 5.74) is 2.41. The van der Waals surface area contributed by atoms with E-state index < -0.39 is 16.1 Å². The molecule has 0 saturated carbocycles. The summed E-state index contributed by atoms with van der Waals surface area (Å²) in [5, 5.41) is 9.67. The Balaban J connectivity index is 2.37. The second-order valence-electron chi connectivity index (χ2n) is 4.28. The van der Waals surface area contributed by atoms with Crippen molar-refractivity contribution < 1.29 is 13.5 Å². The van der Waals surface area contributed by atoms with Crippen LogP contribution in [0.5, 0.6) is 0 Å². The molecule has 6 heteroatoms. The summed E-state index contributed by atoms with van der Waals surface area (Å²) >= 11 is 5.60. The normalized spacial score (nSPS) is 16.7. The summed E-state index contributed by atoms with van der Waals surface area (Å²) < 4.78 is 25.2. The van der Waals surface area contributed by atoms with Crippen LogP contribution in [0.4, 0.5) is 5.69 Å². The lowest BCUT2D eigenvalue weighted by atomic mass is 10.1. The number of rotatable bonds is 4. The maximum absolute atomic E-state index is 11.9. The molecule has 0 bridgehead atoms. The first kappa shape index (κ1) is 13.6. The van der Waals surface area contributed by atoms with Gasteiger partial charge in [-0.3, -0.25) is 4.31 Å². The predicted molar refractivity (Wildman–Crippen MR) is 72.6 cm³/mol. The first-order valence-electron chi connectivity index (χ1n) is 5.87. The molecule has 0 fully saturated rings. The molecule has 1 N–H and O–H groups in total. The topological polar surface area (TPSA) is 57.6 Å². The number of halogens is 1. The zero-order valence-corrected chi connectivity index (χ0v) is 11.7. The minimum Gasteiger partial charge on any atom is -0.387 e. The summed E-state index contributed by atoms with van der Waals surface area (Å²) in [6.07, 6.45) is -0.0222. The smallest absolute Gasteiger partial charge is 0.234 e. The number of sulfonamides is 1. The van der Waals surface area contributed by atoms with Gasteiger partial charge in [0.05, 0.1) is 23.4 Å². The molecular weight excluding hydrogens is 274 g/mol. The standard InChI is InChI=1S/C12H16ClNO3S/c1-2-18(16,17)14-6-5-9-7-10(12(15)8-13)3-4-11(9)14/h3-4,7,12,15H,2,5-6,8H2,1H3/t12-/m0/s1. The summed E-state index contributed by atoms with van der Waals surface area (Å²) in [4.78, 5) is 0. The van der Waals surface area contributed by atoms with E-state index in [9.17, 15) is 13.5 Å². The fraction of sp³-hybridized carbons (Fsp3) is 0.500. The minimum atomic E-state index is -3.21. The lowest BCUT2D eigenvalue weighted by molar-refractivity contribution is 0.202. The van der Waals surface area contributed by atoms with Crippen molar-refractivity contribution in [2.75, 3.05) is 22.5 Å². The third kappa shape index (κ3) is 2.35. The number of aliphatic hydroxyl groups is 1. The lowest BCUT2D eigenvalue weighted by Gasteiger charge is -2.18. The third-order valence-corrected chi connectivity index (χ3v) is 5.26. The molecule has 0 spiro atoms. The van der Waals surface area contributed by atoms with Gasteiger partial charge in [-0.15, -0.1) is 11.6 Å². The monoisotopic (exact) mass is 289 g/mol.